The molecule has 3 aromatic carbocycles. The normalized spacial score (nSPS) is 10.9. The number of imidazole rings is 1. The molecule has 4 rings (SSSR count). The summed E-state index contributed by atoms with van der Waals surface area (Å²) in [4.78, 5) is 17.5. The summed E-state index contributed by atoms with van der Waals surface area (Å²) >= 11 is 18.8. The van der Waals surface area contributed by atoms with Gasteiger partial charge < -0.3 is 4.74 Å². The highest BCUT2D eigenvalue weighted by Crippen LogP contribution is 2.38. The van der Waals surface area contributed by atoms with Crippen molar-refractivity contribution in [2.24, 2.45) is 0 Å². The SMILES string of the molecule is CCOC(=O)c1nc(-c2ccccc2Cl)n(-c2cccc(Cl)c2)c1-c1cccc(Cl)c1F. The van der Waals surface area contributed by atoms with E-state index in [1.54, 1.807) is 66.1 Å². The van der Waals surface area contributed by atoms with E-state index in [1.807, 2.05) is 0 Å². The molecule has 0 saturated heterocycles. The van der Waals surface area contributed by atoms with Gasteiger partial charge in [-0.3, -0.25) is 4.57 Å². The number of aromatic nitrogens is 2. The van der Waals surface area contributed by atoms with Crippen LogP contribution in [0.25, 0.3) is 28.3 Å². The van der Waals surface area contributed by atoms with Gasteiger partial charge in [-0.2, -0.15) is 0 Å². The molecule has 0 atom stereocenters. The standard InChI is InChI=1S/C24H16Cl3FN2O2/c1-2-32-24(31)21-22(17-10-6-12-19(27)20(17)28)30(15-8-5-7-14(25)13-15)23(29-21)16-9-3-4-11-18(16)26/h3-13H,2H2,1H3. The molecule has 0 unspecified atom stereocenters. The monoisotopic (exact) mass is 488 g/mol. The van der Waals surface area contributed by atoms with Crippen LogP contribution in [0.3, 0.4) is 0 Å². The number of hydrogen-bond donors (Lipinski definition) is 0. The van der Waals surface area contributed by atoms with Crippen molar-refractivity contribution in [3.63, 3.8) is 0 Å². The molecule has 0 spiro atoms. The van der Waals surface area contributed by atoms with Crippen molar-refractivity contribution in [2.45, 2.75) is 6.92 Å². The van der Waals surface area contributed by atoms with Crippen molar-refractivity contribution in [3.05, 3.63) is 93.3 Å². The third-order valence-corrected chi connectivity index (χ3v) is 5.59. The Morgan fingerprint density at radius 1 is 0.969 bits per heavy atom. The fourth-order valence-corrected chi connectivity index (χ4v) is 3.97. The maximum absolute atomic E-state index is 15.2. The second-order valence-electron chi connectivity index (χ2n) is 6.75. The molecule has 8 heteroatoms. The summed E-state index contributed by atoms with van der Waals surface area (Å²) < 4.78 is 22.1. The Morgan fingerprint density at radius 3 is 2.38 bits per heavy atom. The number of carbonyl (C=O) groups is 1. The Morgan fingerprint density at radius 2 is 1.66 bits per heavy atom. The summed E-state index contributed by atoms with van der Waals surface area (Å²) in [5.74, 6) is -1.06. The smallest absolute Gasteiger partial charge is 0.359 e. The minimum Gasteiger partial charge on any atom is -0.461 e. The molecule has 0 aliphatic heterocycles. The predicted octanol–water partition coefficient (Wildman–Crippen LogP) is 7.48. The van der Waals surface area contributed by atoms with Gasteiger partial charge in [0.15, 0.2) is 11.5 Å². The van der Waals surface area contributed by atoms with Gasteiger partial charge in [0.25, 0.3) is 0 Å². The molecule has 1 aromatic heterocycles. The van der Waals surface area contributed by atoms with Gasteiger partial charge in [0.2, 0.25) is 0 Å². The highest BCUT2D eigenvalue weighted by atomic mass is 35.5. The topological polar surface area (TPSA) is 44.1 Å². The highest BCUT2D eigenvalue weighted by molar-refractivity contribution is 6.33. The number of carbonyl (C=O) groups excluding carboxylic acids is 1. The van der Waals surface area contributed by atoms with Gasteiger partial charge in [0, 0.05) is 21.8 Å². The van der Waals surface area contributed by atoms with Gasteiger partial charge in [-0.05, 0) is 49.4 Å². The number of rotatable bonds is 5. The zero-order valence-electron chi connectivity index (χ0n) is 16.8. The molecule has 0 aliphatic rings. The lowest BCUT2D eigenvalue weighted by atomic mass is 10.1. The Bertz CT molecular complexity index is 1320. The summed E-state index contributed by atoms with van der Waals surface area (Å²) in [5.41, 5.74) is 1.31. The van der Waals surface area contributed by atoms with Crippen molar-refractivity contribution in [1.82, 2.24) is 9.55 Å². The Kier molecular flexibility index (Phi) is 6.51. The van der Waals surface area contributed by atoms with E-state index in [9.17, 15) is 4.79 Å². The number of benzene rings is 3. The average Bonchev–Trinajstić information content (AvgIpc) is 3.16. The van der Waals surface area contributed by atoms with Crippen LogP contribution in [-0.4, -0.2) is 22.1 Å². The molecule has 0 bridgehead atoms. The first kappa shape index (κ1) is 22.3. The van der Waals surface area contributed by atoms with Gasteiger partial charge in [-0.25, -0.2) is 14.2 Å². The third kappa shape index (κ3) is 4.11. The molecule has 4 aromatic rings. The second-order valence-corrected chi connectivity index (χ2v) is 8.00. The van der Waals surface area contributed by atoms with Gasteiger partial charge in [0.05, 0.1) is 22.3 Å². The number of nitrogens with zero attached hydrogens (tertiary/aromatic N) is 2. The molecule has 0 saturated carbocycles. The summed E-state index contributed by atoms with van der Waals surface area (Å²) in [6, 6.07) is 18.5. The molecular weight excluding hydrogens is 474 g/mol. The molecular formula is C24H16Cl3FN2O2. The Hall–Kier alpha value is -2.86. The van der Waals surface area contributed by atoms with Crippen molar-refractivity contribution in [3.8, 4) is 28.3 Å². The molecule has 0 fully saturated rings. The van der Waals surface area contributed by atoms with E-state index in [0.717, 1.165) is 0 Å². The summed E-state index contributed by atoms with van der Waals surface area (Å²) in [5, 5.41) is 0.779. The number of halogens is 4. The van der Waals surface area contributed by atoms with Gasteiger partial charge in [-0.15, -0.1) is 0 Å². The average molecular weight is 490 g/mol. The largest absolute Gasteiger partial charge is 0.461 e. The third-order valence-electron chi connectivity index (χ3n) is 4.73. The van der Waals surface area contributed by atoms with E-state index in [4.69, 9.17) is 39.5 Å². The molecule has 4 nitrogen and oxygen atoms in total. The van der Waals surface area contributed by atoms with Crippen LogP contribution in [0.5, 0.6) is 0 Å². The van der Waals surface area contributed by atoms with Crippen molar-refractivity contribution < 1.29 is 13.9 Å². The van der Waals surface area contributed by atoms with Crippen molar-refractivity contribution in [2.75, 3.05) is 6.61 Å². The molecule has 162 valence electrons. The second kappa shape index (κ2) is 9.33. The molecule has 1 heterocycles. The molecule has 0 N–H and O–H groups in total. The first-order valence-electron chi connectivity index (χ1n) is 9.67. The lowest BCUT2D eigenvalue weighted by molar-refractivity contribution is 0.0521. The maximum Gasteiger partial charge on any atom is 0.359 e. The maximum atomic E-state index is 15.2. The first-order chi connectivity index (χ1) is 15.4. The van der Waals surface area contributed by atoms with E-state index < -0.39 is 11.8 Å². The van der Waals surface area contributed by atoms with Crippen molar-refractivity contribution in [1.29, 1.82) is 0 Å². The molecule has 0 aliphatic carbocycles. The highest BCUT2D eigenvalue weighted by Gasteiger charge is 2.29. The van der Waals surface area contributed by atoms with Crippen LogP contribution >= 0.6 is 34.8 Å². The van der Waals surface area contributed by atoms with Gasteiger partial charge in [-0.1, -0.05) is 59.1 Å². The minimum absolute atomic E-state index is 0.0667. The summed E-state index contributed by atoms with van der Waals surface area (Å²) in [6.45, 7) is 1.81. The predicted molar refractivity (Wildman–Crippen MR) is 125 cm³/mol. The zero-order valence-corrected chi connectivity index (χ0v) is 19.0. The molecule has 0 radical (unpaired) electrons. The molecule has 0 amide bonds. The van der Waals surface area contributed by atoms with Crippen LogP contribution in [0.2, 0.25) is 15.1 Å². The Balaban J connectivity index is 2.16. The van der Waals surface area contributed by atoms with Crippen molar-refractivity contribution >= 4 is 40.8 Å². The lowest BCUT2D eigenvalue weighted by Crippen LogP contribution is -2.08. The van der Waals surface area contributed by atoms with Crippen LogP contribution in [0.1, 0.15) is 17.4 Å². The fraction of sp³-hybridized carbons (Fsp3) is 0.0833. The van der Waals surface area contributed by atoms with E-state index >= 15 is 4.39 Å². The summed E-state index contributed by atoms with van der Waals surface area (Å²) in [6.07, 6.45) is 0. The number of ether oxygens (including phenoxy) is 1. The van der Waals surface area contributed by atoms with E-state index in [2.05, 4.69) is 4.98 Å². The minimum atomic E-state index is -0.698. The summed E-state index contributed by atoms with van der Waals surface area (Å²) in [7, 11) is 0. The van der Waals surface area contributed by atoms with Gasteiger partial charge >= 0.3 is 5.97 Å². The quantitative estimate of drug-likeness (QED) is 0.273. The zero-order chi connectivity index (χ0) is 22.8. The van der Waals surface area contributed by atoms with Crippen LogP contribution in [-0.2, 0) is 4.74 Å². The molecule has 32 heavy (non-hydrogen) atoms. The lowest BCUT2D eigenvalue weighted by Gasteiger charge is -2.15. The van der Waals surface area contributed by atoms with Gasteiger partial charge in [0.1, 0.15) is 5.82 Å². The number of hydrogen-bond acceptors (Lipinski definition) is 3. The van der Waals surface area contributed by atoms with E-state index in [0.29, 0.717) is 27.1 Å². The van der Waals surface area contributed by atoms with Crippen LogP contribution in [0.15, 0.2) is 66.7 Å². The van der Waals surface area contributed by atoms with Crippen LogP contribution in [0, 0.1) is 5.82 Å². The Labute approximate surface area is 199 Å². The van der Waals surface area contributed by atoms with E-state index in [1.165, 1.54) is 12.1 Å². The fourth-order valence-electron chi connectivity index (χ4n) is 3.39. The van der Waals surface area contributed by atoms with E-state index in [-0.39, 0.29) is 28.6 Å². The van der Waals surface area contributed by atoms with Crippen LogP contribution < -0.4 is 0 Å². The first-order valence-corrected chi connectivity index (χ1v) is 10.8. The van der Waals surface area contributed by atoms with Crippen LogP contribution in [0.4, 0.5) is 4.39 Å². The number of esters is 1.